The summed E-state index contributed by atoms with van der Waals surface area (Å²) in [6, 6.07) is 7.61. The van der Waals surface area contributed by atoms with Crippen LogP contribution in [0.4, 0.5) is 5.69 Å². The van der Waals surface area contributed by atoms with Crippen LogP contribution in [0.2, 0.25) is 15.1 Å². The number of carbonyl (C=O) groups excluding carboxylic acids is 1. The number of nitrogens with one attached hydrogen (secondary N) is 1. The van der Waals surface area contributed by atoms with Gasteiger partial charge in [0.25, 0.3) is 10.0 Å². The number of rotatable bonds is 6. The Morgan fingerprint density at radius 1 is 1.00 bits per heavy atom. The van der Waals surface area contributed by atoms with Gasteiger partial charge in [-0.25, -0.2) is 13.2 Å². The Morgan fingerprint density at radius 2 is 1.59 bits per heavy atom. The molecule has 0 aliphatic heterocycles. The third-order valence-corrected chi connectivity index (χ3v) is 5.64. The lowest BCUT2D eigenvalue weighted by Crippen LogP contribution is -2.14. The number of carboxylic acids is 1. The van der Waals surface area contributed by atoms with Crippen LogP contribution in [0.15, 0.2) is 53.1 Å². The summed E-state index contributed by atoms with van der Waals surface area (Å²) in [6.07, 6.45) is 0.503. The molecule has 0 aliphatic carbocycles. The van der Waals surface area contributed by atoms with E-state index >= 15 is 0 Å². The molecule has 0 spiro atoms. The van der Waals surface area contributed by atoms with E-state index < -0.39 is 32.4 Å². The quantitative estimate of drug-likeness (QED) is 0.345. The van der Waals surface area contributed by atoms with Crippen LogP contribution in [0.5, 0.6) is 0 Å². The molecule has 3 N–H and O–H groups in total. The number of aliphatic carboxylic acids is 1. The third-order valence-electron chi connectivity index (χ3n) is 3.12. The van der Waals surface area contributed by atoms with Gasteiger partial charge in [-0.05, 0) is 24.3 Å². The summed E-state index contributed by atoms with van der Waals surface area (Å²) < 4.78 is 27.3. The number of aliphatic hydroxyl groups is 1. The van der Waals surface area contributed by atoms with Gasteiger partial charge in [-0.1, -0.05) is 46.9 Å². The van der Waals surface area contributed by atoms with Crippen LogP contribution >= 0.6 is 34.8 Å². The first-order chi connectivity index (χ1) is 12.5. The van der Waals surface area contributed by atoms with E-state index in [0.717, 1.165) is 6.07 Å². The van der Waals surface area contributed by atoms with Gasteiger partial charge in [-0.15, -0.1) is 0 Å². The highest BCUT2D eigenvalue weighted by molar-refractivity contribution is 7.93. The van der Waals surface area contributed by atoms with Gasteiger partial charge in [0, 0.05) is 22.3 Å². The SMILES string of the molecule is O=C(O)/C(O)=C/C(=O)c1cccc(NS(=O)(=O)c2c(Cl)cc(Cl)cc2Cl)c1. The maximum Gasteiger partial charge on any atom is 0.371 e. The Kier molecular flexibility index (Phi) is 6.38. The van der Waals surface area contributed by atoms with Crippen molar-refractivity contribution in [1.82, 2.24) is 0 Å². The van der Waals surface area contributed by atoms with E-state index in [1.54, 1.807) is 0 Å². The van der Waals surface area contributed by atoms with Crippen LogP contribution in [0.3, 0.4) is 0 Å². The van der Waals surface area contributed by atoms with E-state index in [0.29, 0.717) is 6.08 Å². The van der Waals surface area contributed by atoms with Crippen molar-refractivity contribution in [2.24, 2.45) is 0 Å². The number of ketones is 1. The summed E-state index contributed by atoms with van der Waals surface area (Å²) in [6.45, 7) is 0. The molecular formula is C16H10Cl3NO6S. The Hall–Kier alpha value is -2.26. The van der Waals surface area contributed by atoms with Gasteiger partial charge in [0.05, 0.1) is 10.0 Å². The van der Waals surface area contributed by atoms with E-state index in [-0.39, 0.29) is 26.3 Å². The number of sulfonamides is 1. The minimum absolute atomic E-state index is 0.00820. The van der Waals surface area contributed by atoms with Gasteiger partial charge >= 0.3 is 5.97 Å². The lowest BCUT2D eigenvalue weighted by atomic mass is 10.1. The molecule has 0 fully saturated rings. The second-order valence-corrected chi connectivity index (χ2v) is 7.95. The van der Waals surface area contributed by atoms with E-state index in [4.69, 9.17) is 45.0 Å². The molecule has 11 heteroatoms. The number of halogens is 3. The van der Waals surface area contributed by atoms with Gasteiger partial charge in [0.1, 0.15) is 4.90 Å². The molecule has 2 aromatic rings. The molecule has 0 unspecified atom stereocenters. The van der Waals surface area contributed by atoms with Crippen molar-refractivity contribution < 1.29 is 28.2 Å². The first-order valence-electron chi connectivity index (χ1n) is 6.97. The fraction of sp³-hybridized carbons (Fsp3) is 0. The van der Waals surface area contributed by atoms with Crippen LogP contribution in [0.1, 0.15) is 10.4 Å². The zero-order valence-corrected chi connectivity index (χ0v) is 16.2. The smallest absolute Gasteiger partial charge is 0.371 e. The fourth-order valence-electron chi connectivity index (χ4n) is 2.00. The predicted octanol–water partition coefficient (Wildman–Crippen LogP) is 4.16. The van der Waals surface area contributed by atoms with Gasteiger partial charge in [-0.3, -0.25) is 9.52 Å². The van der Waals surface area contributed by atoms with Gasteiger partial charge in [0.15, 0.2) is 5.78 Å². The minimum Gasteiger partial charge on any atom is -0.502 e. The largest absolute Gasteiger partial charge is 0.502 e. The van der Waals surface area contributed by atoms with Crippen LogP contribution in [0.25, 0.3) is 0 Å². The highest BCUT2D eigenvalue weighted by atomic mass is 35.5. The normalized spacial score (nSPS) is 11.9. The molecule has 0 atom stereocenters. The standard InChI is InChI=1S/C16H10Cl3NO6S/c17-9-5-11(18)15(12(19)6-9)27(25,26)20-10-3-1-2-8(4-10)13(21)7-14(22)16(23)24/h1-7,20,22H,(H,23,24)/b14-7-. The summed E-state index contributed by atoms with van der Waals surface area (Å²) in [4.78, 5) is 22.1. The van der Waals surface area contributed by atoms with Crippen molar-refractivity contribution >= 4 is 62.3 Å². The number of carbonyl (C=O) groups is 2. The molecule has 0 aromatic heterocycles. The van der Waals surface area contributed by atoms with E-state index in [1.165, 1.54) is 30.3 Å². The van der Waals surface area contributed by atoms with Crippen LogP contribution in [-0.2, 0) is 14.8 Å². The monoisotopic (exact) mass is 449 g/mol. The van der Waals surface area contributed by atoms with Crippen molar-refractivity contribution in [3.05, 3.63) is 68.9 Å². The number of anilines is 1. The molecule has 0 bridgehead atoms. The fourth-order valence-corrected chi connectivity index (χ4v) is 4.59. The zero-order valence-electron chi connectivity index (χ0n) is 13.1. The molecular weight excluding hydrogens is 441 g/mol. The van der Waals surface area contributed by atoms with E-state index in [9.17, 15) is 18.0 Å². The molecule has 0 radical (unpaired) electrons. The number of aliphatic hydroxyl groups excluding tert-OH is 1. The second kappa shape index (κ2) is 8.18. The Morgan fingerprint density at radius 3 is 2.15 bits per heavy atom. The highest BCUT2D eigenvalue weighted by Gasteiger charge is 2.23. The molecule has 0 amide bonds. The topological polar surface area (TPSA) is 121 Å². The molecule has 2 aromatic carbocycles. The summed E-state index contributed by atoms with van der Waals surface area (Å²) in [5.74, 6) is -3.66. The summed E-state index contributed by atoms with van der Waals surface area (Å²) in [5, 5.41) is 17.5. The summed E-state index contributed by atoms with van der Waals surface area (Å²) in [5.41, 5.74) is -0.0672. The van der Waals surface area contributed by atoms with Gasteiger partial charge in [-0.2, -0.15) is 0 Å². The molecule has 0 saturated heterocycles. The number of carboxylic acid groups (broad SMARTS) is 1. The molecule has 142 valence electrons. The molecule has 27 heavy (non-hydrogen) atoms. The predicted molar refractivity (Wildman–Crippen MR) is 101 cm³/mol. The number of hydrogen-bond acceptors (Lipinski definition) is 5. The van der Waals surface area contributed by atoms with Gasteiger partial charge in [0.2, 0.25) is 5.76 Å². The zero-order chi connectivity index (χ0) is 20.4. The van der Waals surface area contributed by atoms with Crippen molar-refractivity contribution in [3.8, 4) is 0 Å². The van der Waals surface area contributed by atoms with Gasteiger partial charge < -0.3 is 10.2 Å². The molecule has 0 heterocycles. The number of benzene rings is 2. The van der Waals surface area contributed by atoms with Crippen LogP contribution in [-0.4, -0.2) is 30.4 Å². The first-order valence-corrected chi connectivity index (χ1v) is 9.58. The lowest BCUT2D eigenvalue weighted by molar-refractivity contribution is -0.135. The van der Waals surface area contributed by atoms with Crippen molar-refractivity contribution in [2.75, 3.05) is 4.72 Å². The number of allylic oxidation sites excluding steroid dienone is 1. The first kappa shape index (κ1) is 21.0. The molecule has 0 aliphatic rings. The average molecular weight is 451 g/mol. The van der Waals surface area contributed by atoms with Crippen molar-refractivity contribution in [3.63, 3.8) is 0 Å². The Bertz CT molecular complexity index is 1040. The average Bonchev–Trinajstić information content (AvgIpc) is 2.52. The van der Waals surface area contributed by atoms with E-state index in [1.807, 2.05) is 0 Å². The summed E-state index contributed by atoms with van der Waals surface area (Å²) >= 11 is 17.6. The molecule has 7 nitrogen and oxygen atoms in total. The van der Waals surface area contributed by atoms with Crippen LogP contribution < -0.4 is 4.72 Å². The number of hydrogen-bond donors (Lipinski definition) is 3. The van der Waals surface area contributed by atoms with Crippen molar-refractivity contribution in [1.29, 1.82) is 0 Å². The second-order valence-electron chi connectivity index (χ2n) is 5.08. The summed E-state index contributed by atoms with van der Waals surface area (Å²) in [7, 11) is -4.21. The highest BCUT2D eigenvalue weighted by Crippen LogP contribution is 2.33. The minimum atomic E-state index is -4.21. The third kappa shape index (κ3) is 5.14. The lowest BCUT2D eigenvalue weighted by Gasteiger charge is -2.12. The van der Waals surface area contributed by atoms with E-state index in [2.05, 4.69) is 4.72 Å². The Balaban J connectivity index is 2.37. The maximum absolute atomic E-state index is 12.6. The Labute approximate surface area is 168 Å². The molecule has 2 rings (SSSR count). The van der Waals surface area contributed by atoms with Crippen LogP contribution in [0, 0.1) is 0 Å². The maximum atomic E-state index is 12.6. The molecule has 0 saturated carbocycles. The van der Waals surface area contributed by atoms with Crippen molar-refractivity contribution in [2.45, 2.75) is 4.90 Å².